The largest absolute Gasteiger partial charge is 0.497 e. The van der Waals surface area contributed by atoms with E-state index in [1.165, 1.54) is 12.3 Å². The number of hydrogen-bond donors (Lipinski definition) is 2. The van der Waals surface area contributed by atoms with E-state index in [0.29, 0.717) is 17.2 Å². The Morgan fingerprint density at radius 3 is 2.36 bits per heavy atom. The summed E-state index contributed by atoms with van der Waals surface area (Å²) in [5, 5.41) is 5.85. The highest BCUT2D eigenvalue weighted by Crippen LogP contribution is 2.24. The summed E-state index contributed by atoms with van der Waals surface area (Å²) in [5.41, 5.74) is 2.40. The summed E-state index contributed by atoms with van der Waals surface area (Å²) in [7, 11) is 1.62. The van der Waals surface area contributed by atoms with Gasteiger partial charge in [0.05, 0.1) is 19.4 Å². The maximum atomic E-state index is 13.3. The molecule has 1 heterocycles. The van der Waals surface area contributed by atoms with Crippen LogP contribution in [0, 0.1) is 12.8 Å². The van der Waals surface area contributed by atoms with Gasteiger partial charge in [0, 0.05) is 11.6 Å². The van der Waals surface area contributed by atoms with Gasteiger partial charge in [0.2, 0.25) is 0 Å². The number of hydrogen-bond acceptors (Lipinski definition) is 4. The molecule has 0 radical (unpaired) electrons. The summed E-state index contributed by atoms with van der Waals surface area (Å²) in [5.74, 6) is 0.810. The molecule has 0 aliphatic rings. The van der Waals surface area contributed by atoms with E-state index in [-0.39, 0.29) is 17.6 Å². The van der Waals surface area contributed by atoms with Crippen LogP contribution in [0.4, 0.5) is 0 Å². The topological polar surface area (TPSA) is 80.6 Å². The van der Waals surface area contributed by atoms with Crippen molar-refractivity contribution in [2.24, 2.45) is 5.92 Å². The van der Waals surface area contributed by atoms with E-state index in [4.69, 9.17) is 9.15 Å². The van der Waals surface area contributed by atoms with Crippen LogP contribution < -0.4 is 15.4 Å². The van der Waals surface area contributed by atoms with Crippen LogP contribution in [0.3, 0.4) is 0 Å². The molecule has 0 unspecified atom stereocenters. The predicted molar refractivity (Wildman–Crippen MR) is 129 cm³/mol. The molecule has 1 atom stereocenters. The van der Waals surface area contributed by atoms with Gasteiger partial charge in [0.25, 0.3) is 11.8 Å². The molecule has 2 N–H and O–H groups in total. The summed E-state index contributed by atoms with van der Waals surface area (Å²) in [6.45, 7) is 6.05. The van der Waals surface area contributed by atoms with E-state index in [2.05, 4.69) is 24.5 Å². The lowest BCUT2D eigenvalue weighted by Crippen LogP contribution is -2.37. The molecule has 0 bridgehead atoms. The van der Waals surface area contributed by atoms with E-state index in [1.807, 2.05) is 43.3 Å². The average molecular weight is 447 g/mol. The molecule has 0 aliphatic carbocycles. The molecule has 6 nitrogen and oxygen atoms in total. The monoisotopic (exact) mass is 446 g/mol. The quantitative estimate of drug-likeness (QED) is 0.439. The van der Waals surface area contributed by atoms with Gasteiger partial charge in [-0.15, -0.1) is 0 Å². The summed E-state index contributed by atoms with van der Waals surface area (Å²) in [6.07, 6.45) is 3.78. The number of carbonyl (C=O) groups excluding carboxylic acids is 2. The molecule has 0 fully saturated rings. The molecule has 6 heteroatoms. The van der Waals surface area contributed by atoms with Crippen molar-refractivity contribution in [2.75, 3.05) is 7.11 Å². The lowest BCUT2D eigenvalue weighted by molar-refractivity contribution is -0.118. The van der Waals surface area contributed by atoms with Crippen molar-refractivity contribution in [1.82, 2.24) is 10.6 Å². The average Bonchev–Trinajstić information content (AvgIpc) is 3.31. The fourth-order valence-corrected chi connectivity index (χ4v) is 3.51. The zero-order valence-electron chi connectivity index (χ0n) is 19.4. The minimum Gasteiger partial charge on any atom is -0.497 e. The van der Waals surface area contributed by atoms with Crippen molar-refractivity contribution in [1.29, 1.82) is 0 Å². The third-order valence-corrected chi connectivity index (χ3v) is 5.24. The maximum absolute atomic E-state index is 13.3. The smallest absolute Gasteiger partial charge is 0.268 e. The van der Waals surface area contributed by atoms with Crippen LogP contribution in [0.25, 0.3) is 6.08 Å². The molecule has 0 saturated carbocycles. The number of rotatable bonds is 9. The van der Waals surface area contributed by atoms with Gasteiger partial charge in [-0.25, -0.2) is 0 Å². The van der Waals surface area contributed by atoms with Crippen molar-refractivity contribution >= 4 is 17.9 Å². The first-order valence-electron chi connectivity index (χ1n) is 10.9. The van der Waals surface area contributed by atoms with Crippen molar-refractivity contribution < 1.29 is 18.7 Å². The van der Waals surface area contributed by atoms with Crippen molar-refractivity contribution in [2.45, 2.75) is 33.2 Å². The fraction of sp³-hybridized carbons (Fsp3) is 0.259. The van der Waals surface area contributed by atoms with Crippen molar-refractivity contribution in [3.8, 4) is 5.75 Å². The Hall–Kier alpha value is -3.80. The Balaban J connectivity index is 1.87. The highest BCUT2D eigenvalue weighted by Gasteiger charge is 2.21. The molecule has 1 aromatic heterocycles. The first-order valence-corrected chi connectivity index (χ1v) is 10.9. The van der Waals surface area contributed by atoms with Crippen molar-refractivity contribution in [3.63, 3.8) is 0 Å². The number of furan rings is 1. The fourth-order valence-electron chi connectivity index (χ4n) is 3.51. The molecule has 3 aromatic rings. The molecule has 172 valence electrons. The molecule has 33 heavy (non-hydrogen) atoms. The van der Waals surface area contributed by atoms with Gasteiger partial charge in [-0.1, -0.05) is 44.2 Å². The zero-order chi connectivity index (χ0) is 23.8. The van der Waals surface area contributed by atoms with E-state index >= 15 is 0 Å². The molecule has 0 saturated heterocycles. The van der Waals surface area contributed by atoms with Crippen LogP contribution >= 0.6 is 0 Å². The normalized spacial score (nSPS) is 12.3. The summed E-state index contributed by atoms with van der Waals surface area (Å²) >= 11 is 0. The summed E-state index contributed by atoms with van der Waals surface area (Å²) < 4.78 is 10.6. The molecular weight excluding hydrogens is 416 g/mol. The summed E-state index contributed by atoms with van der Waals surface area (Å²) in [6, 6.07) is 18.1. The lowest BCUT2D eigenvalue weighted by Gasteiger charge is -2.22. The minimum absolute atomic E-state index is 0.112. The number of nitrogens with one attached hydrogen (secondary N) is 2. The minimum atomic E-state index is -0.394. The van der Waals surface area contributed by atoms with Gasteiger partial charge in [-0.2, -0.15) is 0 Å². The molecule has 3 rings (SSSR count). The molecular formula is C27H30N2O4. The van der Waals surface area contributed by atoms with Gasteiger partial charge in [-0.3, -0.25) is 9.59 Å². The number of aryl methyl sites for hydroxylation is 1. The standard InChI is InChI=1S/C27H30N2O4/c1-18(2)16-24(20-11-13-21(32-4)14-12-20)28-27(31)25(17-22-9-7-15-33-22)29-26(30)23-10-6-5-8-19(23)3/h5-15,17-18,24H,16H2,1-4H3,(H,28,31)(H,29,30)/b25-17-/t24-/m0/s1. The summed E-state index contributed by atoms with van der Waals surface area (Å²) in [4.78, 5) is 26.3. The van der Waals surface area contributed by atoms with E-state index in [9.17, 15) is 9.59 Å². The van der Waals surface area contributed by atoms with Crippen LogP contribution in [0.1, 0.15) is 53.6 Å². The van der Waals surface area contributed by atoms with Crippen LogP contribution in [0.5, 0.6) is 5.75 Å². The number of carbonyl (C=O) groups is 2. The van der Waals surface area contributed by atoms with Crippen LogP contribution in [0.15, 0.2) is 77.0 Å². The van der Waals surface area contributed by atoms with Crippen LogP contribution in [-0.4, -0.2) is 18.9 Å². The second-order valence-electron chi connectivity index (χ2n) is 8.27. The Morgan fingerprint density at radius 1 is 1.03 bits per heavy atom. The van der Waals surface area contributed by atoms with Gasteiger partial charge in [0.1, 0.15) is 17.2 Å². The van der Waals surface area contributed by atoms with Gasteiger partial charge in [0.15, 0.2) is 0 Å². The Bertz CT molecular complexity index is 1100. The Kier molecular flexibility index (Phi) is 8.08. The van der Waals surface area contributed by atoms with Crippen molar-refractivity contribution in [3.05, 3.63) is 95.1 Å². The Labute approximate surface area is 194 Å². The van der Waals surface area contributed by atoms with E-state index in [1.54, 1.807) is 31.4 Å². The number of methoxy groups -OCH3 is 1. The van der Waals surface area contributed by atoms with Gasteiger partial charge in [-0.05, 0) is 60.7 Å². The number of amides is 2. The second-order valence-corrected chi connectivity index (χ2v) is 8.27. The third kappa shape index (κ3) is 6.59. The zero-order valence-corrected chi connectivity index (χ0v) is 19.4. The second kappa shape index (κ2) is 11.2. The Morgan fingerprint density at radius 2 is 1.76 bits per heavy atom. The molecule has 0 aliphatic heterocycles. The highest BCUT2D eigenvalue weighted by molar-refractivity contribution is 6.05. The first kappa shape index (κ1) is 23.9. The maximum Gasteiger partial charge on any atom is 0.268 e. The molecule has 0 spiro atoms. The van der Waals surface area contributed by atoms with Gasteiger partial charge < -0.3 is 19.8 Å². The molecule has 2 amide bonds. The number of benzene rings is 2. The number of ether oxygens (including phenoxy) is 1. The lowest BCUT2D eigenvalue weighted by atomic mass is 9.96. The van der Waals surface area contributed by atoms with E-state index in [0.717, 1.165) is 23.3 Å². The SMILES string of the molecule is COc1ccc([C@H](CC(C)C)NC(=O)/C(=C/c2ccco2)NC(=O)c2ccccc2C)cc1. The van der Waals surface area contributed by atoms with E-state index < -0.39 is 5.91 Å². The predicted octanol–water partition coefficient (Wildman–Crippen LogP) is 5.27. The highest BCUT2D eigenvalue weighted by atomic mass is 16.5. The first-order chi connectivity index (χ1) is 15.9. The molecule has 2 aromatic carbocycles. The van der Waals surface area contributed by atoms with Crippen LogP contribution in [-0.2, 0) is 4.79 Å². The van der Waals surface area contributed by atoms with Crippen LogP contribution in [0.2, 0.25) is 0 Å². The van der Waals surface area contributed by atoms with Gasteiger partial charge >= 0.3 is 0 Å². The third-order valence-electron chi connectivity index (χ3n) is 5.24.